The van der Waals surface area contributed by atoms with Gasteiger partial charge in [0, 0.05) is 12.2 Å². The number of amides is 1. The van der Waals surface area contributed by atoms with Gasteiger partial charge in [-0.1, -0.05) is 31.5 Å². The minimum Gasteiger partial charge on any atom is -0.475 e. The van der Waals surface area contributed by atoms with Gasteiger partial charge in [-0.2, -0.15) is 13.2 Å². The summed E-state index contributed by atoms with van der Waals surface area (Å²) in [6.07, 6.45) is 2.86. The second-order valence-corrected chi connectivity index (χ2v) is 11.0. The summed E-state index contributed by atoms with van der Waals surface area (Å²) in [5.74, 6) is -2.68. The molecule has 2 aliphatic carbocycles. The molecule has 0 heterocycles. The number of alkyl halides is 3. The first-order valence-electron chi connectivity index (χ1n) is 12.2. The van der Waals surface area contributed by atoms with Gasteiger partial charge >= 0.3 is 12.1 Å². The summed E-state index contributed by atoms with van der Waals surface area (Å²) in [5.41, 5.74) is 3.43. The van der Waals surface area contributed by atoms with Crippen molar-refractivity contribution in [2.24, 2.45) is 0 Å². The van der Waals surface area contributed by atoms with Gasteiger partial charge in [0.15, 0.2) is 0 Å². The minimum atomic E-state index is -5.08. The summed E-state index contributed by atoms with van der Waals surface area (Å²) in [7, 11) is -3.64. The van der Waals surface area contributed by atoms with E-state index < -0.39 is 27.6 Å². The van der Waals surface area contributed by atoms with Gasteiger partial charge in [-0.25, -0.2) is 13.2 Å². The topological polar surface area (TPSA) is 113 Å². The Morgan fingerprint density at radius 2 is 1.59 bits per heavy atom. The summed E-state index contributed by atoms with van der Waals surface area (Å²) < 4.78 is 60.1. The van der Waals surface area contributed by atoms with E-state index in [9.17, 15) is 26.4 Å². The van der Waals surface area contributed by atoms with Crippen molar-refractivity contribution < 1.29 is 36.3 Å². The summed E-state index contributed by atoms with van der Waals surface area (Å²) in [6.45, 7) is 2.80. The van der Waals surface area contributed by atoms with E-state index in [-0.39, 0.29) is 5.91 Å². The molecule has 0 saturated heterocycles. The van der Waals surface area contributed by atoms with Gasteiger partial charge in [0.25, 0.3) is 10.0 Å². The molecule has 0 unspecified atom stereocenters. The Balaban J connectivity index is 0.000000479. The minimum absolute atomic E-state index is 0.0818. The first-order chi connectivity index (χ1) is 17.4. The molecule has 0 atom stereocenters. The van der Waals surface area contributed by atoms with Crippen LogP contribution in [0.5, 0.6) is 0 Å². The van der Waals surface area contributed by atoms with E-state index in [0.29, 0.717) is 17.1 Å². The van der Waals surface area contributed by atoms with E-state index in [1.54, 1.807) is 18.2 Å². The number of carbonyl (C=O) groups is 2. The highest BCUT2D eigenvalue weighted by Crippen LogP contribution is 2.48. The highest BCUT2D eigenvalue weighted by atomic mass is 32.2. The third-order valence-electron chi connectivity index (χ3n) is 6.56. The zero-order valence-corrected chi connectivity index (χ0v) is 21.3. The molecule has 0 aliphatic heterocycles. The first kappa shape index (κ1) is 28.5. The number of aryl methyl sites for hydroxylation is 2. The van der Waals surface area contributed by atoms with Crippen LogP contribution in [0.1, 0.15) is 62.1 Å². The van der Waals surface area contributed by atoms with E-state index in [0.717, 1.165) is 56.1 Å². The monoisotopic (exact) mass is 540 g/mol. The van der Waals surface area contributed by atoms with Crippen molar-refractivity contribution in [3.63, 3.8) is 0 Å². The van der Waals surface area contributed by atoms with E-state index in [1.165, 1.54) is 12.0 Å². The normalized spacial score (nSPS) is 16.0. The van der Waals surface area contributed by atoms with Crippen LogP contribution in [-0.2, 0) is 37.9 Å². The molecule has 2 aliphatic rings. The lowest BCUT2D eigenvalue weighted by molar-refractivity contribution is -0.192. The molecule has 2 aromatic rings. The Morgan fingerprint density at radius 3 is 2.14 bits per heavy atom. The van der Waals surface area contributed by atoms with Crippen LogP contribution in [0.3, 0.4) is 0 Å². The maximum Gasteiger partial charge on any atom is 0.490 e. The molecule has 1 fully saturated rings. The largest absolute Gasteiger partial charge is 0.490 e. The molecule has 3 N–H and O–H groups in total. The van der Waals surface area contributed by atoms with Crippen molar-refractivity contribution in [2.75, 3.05) is 11.3 Å². The number of anilines is 1. The van der Waals surface area contributed by atoms with E-state index in [1.807, 2.05) is 24.3 Å². The molecular weight excluding hydrogens is 509 g/mol. The smallest absolute Gasteiger partial charge is 0.475 e. The van der Waals surface area contributed by atoms with E-state index in [2.05, 4.69) is 17.0 Å². The Kier molecular flexibility index (Phi) is 8.88. The zero-order chi connectivity index (χ0) is 27.3. The van der Waals surface area contributed by atoms with Crippen LogP contribution in [0, 0.1) is 0 Å². The van der Waals surface area contributed by atoms with Crippen molar-refractivity contribution >= 4 is 27.6 Å². The van der Waals surface area contributed by atoms with Crippen LogP contribution in [0.25, 0.3) is 0 Å². The Morgan fingerprint density at radius 1 is 1.00 bits per heavy atom. The van der Waals surface area contributed by atoms with Crippen molar-refractivity contribution in [1.29, 1.82) is 0 Å². The number of sulfonamides is 1. The zero-order valence-electron chi connectivity index (χ0n) is 20.5. The van der Waals surface area contributed by atoms with E-state index in [4.69, 9.17) is 9.90 Å². The number of hydrogen-bond acceptors (Lipinski definition) is 4. The standard InChI is InChI=1S/C24H30N2O3S.C2HF3O2/c1-2-3-16-25-23(27)24(14-15-24)20-9-11-21(12-10-20)26-30(28,29)22-13-8-18-6-4-5-7-19(18)17-22;3-2(4,5)1(6)7/h8-13,17,26H,2-7,14-16H2,1H3,(H,25,27);(H,6,7). The molecule has 0 spiro atoms. The van der Waals surface area contributed by atoms with Crippen LogP contribution >= 0.6 is 0 Å². The maximum atomic E-state index is 12.9. The molecule has 7 nitrogen and oxygen atoms in total. The highest BCUT2D eigenvalue weighted by molar-refractivity contribution is 7.92. The Labute approximate surface area is 214 Å². The molecule has 4 rings (SSSR count). The summed E-state index contributed by atoms with van der Waals surface area (Å²) in [4.78, 5) is 21.8. The SMILES string of the molecule is CCCCNC(=O)C1(c2ccc(NS(=O)(=O)c3ccc4c(c3)CCCC4)cc2)CC1.O=C(O)C(F)(F)F. The van der Waals surface area contributed by atoms with Crippen LogP contribution < -0.4 is 10.0 Å². The van der Waals surface area contributed by atoms with Gasteiger partial charge in [0.1, 0.15) is 0 Å². The van der Waals surface area contributed by atoms with Crippen LogP contribution in [-0.4, -0.2) is 38.1 Å². The molecule has 202 valence electrons. The van der Waals surface area contributed by atoms with Gasteiger partial charge in [-0.3, -0.25) is 9.52 Å². The van der Waals surface area contributed by atoms with Gasteiger partial charge in [0.05, 0.1) is 10.3 Å². The number of halogens is 3. The maximum absolute atomic E-state index is 12.9. The average Bonchev–Trinajstić information content (AvgIpc) is 3.66. The Hall–Kier alpha value is -3.08. The van der Waals surface area contributed by atoms with Gasteiger partial charge in [0.2, 0.25) is 5.91 Å². The number of rotatable bonds is 8. The number of nitrogens with one attached hydrogen (secondary N) is 2. The number of carboxylic acids is 1. The number of unbranched alkanes of at least 4 members (excludes halogenated alkanes) is 1. The van der Waals surface area contributed by atoms with Gasteiger partial charge < -0.3 is 10.4 Å². The lowest BCUT2D eigenvalue weighted by Gasteiger charge is -2.18. The van der Waals surface area contributed by atoms with Crippen molar-refractivity contribution in [1.82, 2.24) is 5.32 Å². The van der Waals surface area contributed by atoms with Crippen LogP contribution in [0.15, 0.2) is 47.4 Å². The molecule has 11 heteroatoms. The van der Waals surface area contributed by atoms with E-state index >= 15 is 0 Å². The molecule has 0 bridgehead atoms. The fourth-order valence-electron chi connectivity index (χ4n) is 4.27. The molecule has 2 aromatic carbocycles. The number of fused-ring (bicyclic) bond motifs is 1. The molecular formula is C26H31F3N2O5S. The lowest BCUT2D eigenvalue weighted by Crippen LogP contribution is -2.35. The second-order valence-electron chi connectivity index (χ2n) is 9.31. The van der Waals surface area contributed by atoms with Crippen molar-refractivity contribution in [3.05, 3.63) is 59.2 Å². The predicted molar refractivity (Wildman–Crippen MR) is 133 cm³/mol. The molecule has 1 amide bonds. The molecule has 1 saturated carbocycles. The molecule has 0 radical (unpaired) electrons. The number of aliphatic carboxylic acids is 1. The van der Waals surface area contributed by atoms with Crippen LogP contribution in [0.2, 0.25) is 0 Å². The summed E-state index contributed by atoms with van der Waals surface area (Å²) in [6, 6.07) is 12.7. The van der Waals surface area contributed by atoms with Crippen molar-refractivity contribution in [2.45, 2.75) is 74.8 Å². The average molecular weight is 541 g/mol. The second kappa shape index (κ2) is 11.5. The Bertz CT molecular complexity index is 1220. The summed E-state index contributed by atoms with van der Waals surface area (Å²) in [5, 5.41) is 10.2. The predicted octanol–water partition coefficient (Wildman–Crippen LogP) is 4.95. The fourth-order valence-corrected chi connectivity index (χ4v) is 5.38. The van der Waals surface area contributed by atoms with Gasteiger partial charge in [-0.15, -0.1) is 0 Å². The third-order valence-corrected chi connectivity index (χ3v) is 7.94. The number of hydrogen-bond donors (Lipinski definition) is 3. The lowest BCUT2D eigenvalue weighted by atomic mass is 9.92. The number of benzene rings is 2. The molecule has 37 heavy (non-hydrogen) atoms. The first-order valence-corrected chi connectivity index (χ1v) is 13.7. The fraction of sp³-hybridized carbons (Fsp3) is 0.462. The number of carbonyl (C=O) groups excluding carboxylic acids is 1. The molecule has 0 aromatic heterocycles. The van der Waals surface area contributed by atoms with Gasteiger partial charge in [-0.05, 0) is 85.9 Å². The quantitative estimate of drug-likeness (QED) is 0.410. The van der Waals surface area contributed by atoms with Crippen LogP contribution in [0.4, 0.5) is 18.9 Å². The highest BCUT2D eigenvalue weighted by Gasteiger charge is 2.51. The summed E-state index contributed by atoms with van der Waals surface area (Å²) >= 11 is 0. The number of carboxylic acid groups (broad SMARTS) is 1. The van der Waals surface area contributed by atoms with Crippen molar-refractivity contribution in [3.8, 4) is 0 Å². The third kappa shape index (κ3) is 7.24.